The van der Waals surface area contributed by atoms with Gasteiger partial charge in [0.05, 0.1) is 10.9 Å². The zero-order valence-electron chi connectivity index (χ0n) is 20.5. The number of sulfonamides is 1. The van der Waals surface area contributed by atoms with E-state index in [1.807, 2.05) is 12.1 Å². The van der Waals surface area contributed by atoms with E-state index in [-0.39, 0.29) is 28.3 Å². The van der Waals surface area contributed by atoms with Crippen LogP contribution in [0.5, 0.6) is 0 Å². The molecule has 2 atom stereocenters. The number of carbonyl (C=O) groups excluding carboxylic acids is 1. The van der Waals surface area contributed by atoms with E-state index in [9.17, 15) is 13.2 Å². The standard InChI is InChI=1S/C29H36N2O3S/c1-19(29-16-20-12-21(17-29)14-22(13-20)18-29)31-35(33,34)25-9-4-8-24(15-25)28(32)30-27-11-5-7-23-6-2-3-10-26(23)27/h2-4,6,8-10,15,19-22,27,31H,5,7,11-14,16-18H2,1H3,(H,30,32)/t19-,20?,21?,22?,27+,29?/m0/s1. The number of hydrogen-bond acceptors (Lipinski definition) is 3. The maximum absolute atomic E-state index is 13.4. The van der Waals surface area contributed by atoms with E-state index >= 15 is 0 Å². The molecule has 0 aliphatic heterocycles. The lowest BCUT2D eigenvalue weighted by Gasteiger charge is -2.59. The maximum Gasteiger partial charge on any atom is 0.251 e. The van der Waals surface area contributed by atoms with E-state index < -0.39 is 10.0 Å². The van der Waals surface area contributed by atoms with Gasteiger partial charge in [0.1, 0.15) is 0 Å². The van der Waals surface area contributed by atoms with Crippen LogP contribution in [0.25, 0.3) is 0 Å². The number of carbonyl (C=O) groups is 1. The number of benzene rings is 2. The summed E-state index contributed by atoms with van der Waals surface area (Å²) < 4.78 is 29.9. The first-order chi connectivity index (χ1) is 16.8. The van der Waals surface area contributed by atoms with Crippen LogP contribution < -0.4 is 10.0 Å². The Kier molecular flexibility index (Phi) is 5.80. The molecule has 0 aromatic heterocycles. The van der Waals surface area contributed by atoms with Gasteiger partial charge < -0.3 is 5.32 Å². The van der Waals surface area contributed by atoms with Crippen molar-refractivity contribution in [3.8, 4) is 0 Å². The third kappa shape index (κ3) is 4.33. The largest absolute Gasteiger partial charge is 0.345 e. The van der Waals surface area contributed by atoms with Crippen LogP contribution in [0.4, 0.5) is 0 Å². The Morgan fingerprint density at radius 1 is 0.971 bits per heavy atom. The van der Waals surface area contributed by atoms with E-state index in [0.717, 1.165) is 56.3 Å². The average Bonchev–Trinajstić information content (AvgIpc) is 2.83. The summed E-state index contributed by atoms with van der Waals surface area (Å²) in [5, 5.41) is 3.15. The fourth-order valence-electron chi connectivity index (χ4n) is 8.08. The number of fused-ring (bicyclic) bond motifs is 1. The van der Waals surface area contributed by atoms with Crippen molar-refractivity contribution < 1.29 is 13.2 Å². The molecule has 2 aromatic carbocycles. The molecule has 186 valence electrons. The highest BCUT2D eigenvalue weighted by atomic mass is 32.2. The van der Waals surface area contributed by atoms with Crippen LogP contribution >= 0.6 is 0 Å². The first kappa shape index (κ1) is 23.2. The first-order valence-electron chi connectivity index (χ1n) is 13.3. The van der Waals surface area contributed by atoms with Crippen LogP contribution in [0.2, 0.25) is 0 Å². The van der Waals surface area contributed by atoms with Crippen molar-refractivity contribution in [3.05, 3.63) is 65.2 Å². The smallest absolute Gasteiger partial charge is 0.251 e. The minimum absolute atomic E-state index is 0.0399. The Balaban J connectivity index is 1.18. The molecule has 5 aliphatic carbocycles. The van der Waals surface area contributed by atoms with Crippen LogP contribution in [0.3, 0.4) is 0 Å². The normalized spacial score (nSPS) is 32.1. The predicted molar refractivity (Wildman–Crippen MR) is 136 cm³/mol. The number of aryl methyl sites for hydroxylation is 1. The molecule has 4 bridgehead atoms. The molecule has 0 saturated heterocycles. The van der Waals surface area contributed by atoms with Gasteiger partial charge in [0.25, 0.3) is 5.91 Å². The Bertz CT molecular complexity index is 1200. The molecule has 6 heteroatoms. The summed E-state index contributed by atoms with van der Waals surface area (Å²) in [6, 6.07) is 14.6. The summed E-state index contributed by atoms with van der Waals surface area (Å²) in [5.74, 6) is 2.08. The fourth-order valence-corrected chi connectivity index (χ4v) is 9.48. The molecule has 0 heterocycles. The molecule has 7 rings (SSSR count). The van der Waals surface area contributed by atoms with Gasteiger partial charge >= 0.3 is 0 Å². The van der Waals surface area contributed by atoms with Gasteiger partial charge in [-0.2, -0.15) is 0 Å². The third-order valence-electron chi connectivity index (χ3n) is 9.42. The van der Waals surface area contributed by atoms with Gasteiger partial charge in [0.15, 0.2) is 0 Å². The Hall–Kier alpha value is -2.18. The second-order valence-electron chi connectivity index (χ2n) is 11.8. The van der Waals surface area contributed by atoms with Crippen molar-refractivity contribution in [2.45, 2.75) is 81.7 Å². The van der Waals surface area contributed by atoms with Crippen molar-refractivity contribution in [3.63, 3.8) is 0 Å². The maximum atomic E-state index is 13.4. The van der Waals surface area contributed by atoms with Crippen molar-refractivity contribution in [1.82, 2.24) is 10.0 Å². The van der Waals surface area contributed by atoms with Crippen LogP contribution in [-0.4, -0.2) is 20.4 Å². The fraction of sp³-hybridized carbons (Fsp3) is 0.552. The van der Waals surface area contributed by atoms with Crippen LogP contribution in [0.15, 0.2) is 53.4 Å². The minimum atomic E-state index is -3.72. The van der Waals surface area contributed by atoms with Crippen molar-refractivity contribution in [2.75, 3.05) is 0 Å². The van der Waals surface area contributed by atoms with E-state index in [4.69, 9.17) is 0 Å². The van der Waals surface area contributed by atoms with Gasteiger partial charge in [-0.3, -0.25) is 4.79 Å². The Morgan fingerprint density at radius 3 is 2.37 bits per heavy atom. The number of hydrogen-bond donors (Lipinski definition) is 2. The minimum Gasteiger partial charge on any atom is -0.345 e. The first-order valence-corrected chi connectivity index (χ1v) is 14.8. The van der Waals surface area contributed by atoms with Gasteiger partial charge in [0, 0.05) is 11.6 Å². The second-order valence-corrected chi connectivity index (χ2v) is 13.5. The molecule has 4 saturated carbocycles. The van der Waals surface area contributed by atoms with E-state index in [2.05, 4.69) is 29.1 Å². The van der Waals surface area contributed by atoms with Crippen LogP contribution in [0.1, 0.15) is 85.8 Å². The van der Waals surface area contributed by atoms with Gasteiger partial charge in [0.2, 0.25) is 10.0 Å². The predicted octanol–water partition coefficient (Wildman–Crippen LogP) is 5.38. The number of amides is 1. The summed E-state index contributed by atoms with van der Waals surface area (Å²) in [5.41, 5.74) is 2.93. The van der Waals surface area contributed by atoms with E-state index in [1.54, 1.807) is 18.2 Å². The number of rotatable bonds is 6. The van der Waals surface area contributed by atoms with Gasteiger partial charge in [-0.15, -0.1) is 0 Å². The monoisotopic (exact) mass is 492 g/mol. The van der Waals surface area contributed by atoms with Crippen LogP contribution in [0, 0.1) is 23.2 Å². The topological polar surface area (TPSA) is 75.3 Å². The summed E-state index contributed by atoms with van der Waals surface area (Å²) >= 11 is 0. The molecule has 2 aromatic rings. The quantitative estimate of drug-likeness (QED) is 0.569. The highest BCUT2D eigenvalue weighted by Gasteiger charge is 2.53. The zero-order chi connectivity index (χ0) is 24.2. The summed E-state index contributed by atoms with van der Waals surface area (Å²) in [6.07, 6.45) is 10.4. The molecule has 1 amide bonds. The molecule has 35 heavy (non-hydrogen) atoms. The molecule has 2 N–H and O–H groups in total. The molecule has 4 fully saturated rings. The zero-order valence-corrected chi connectivity index (χ0v) is 21.3. The van der Waals surface area contributed by atoms with Crippen molar-refractivity contribution in [1.29, 1.82) is 0 Å². The van der Waals surface area contributed by atoms with E-state index in [1.165, 1.54) is 36.5 Å². The highest BCUT2D eigenvalue weighted by Crippen LogP contribution is 2.61. The van der Waals surface area contributed by atoms with Gasteiger partial charge in [-0.05, 0) is 117 Å². The number of nitrogens with one attached hydrogen (secondary N) is 2. The van der Waals surface area contributed by atoms with Gasteiger partial charge in [-0.1, -0.05) is 30.3 Å². The van der Waals surface area contributed by atoms with Crippen molar-refractivity contribution in [2.24, 2.45) is 23.2 Å². The van der Waals surface area contributed by atoms with Crippen LogP contribution in [-0.2, 0) is 16.4 Å². The summed E-state index contributed by atoms with van der Waals surface area (Å²) in [6.45, 7) is 2.06. The Morgan fingerprint density at radius 2 is 1.66 bits per heavy atom. The molecule has 0 unspecified atom stereocenters. The molecular formula is C29H36N2O3S. The summed E-state index contributed by atoms with van der Waals surface area (Å²) in [7, 11) is -3.72. The SMILES string of the molecule is C[C@H](NS(=O)(=O)c1cccc(C(=O)N[C@@H]2CCCc3ccccc32)c1)C12CC3CC(CC(C3)C1)C2. The second kappa shape index (κ2) is 8.74. The van der Waals surface area contributed by atoms with E-state index in [0.29, 0.717) is 5.56 Å². The summed E-state index contributed by atoms with van der Waals surface area (Å²) in [4.78, 5) is 13.3. The molecular weight excluding hydrogens is 456 g/mol. The molecule has 0 spiro atoms. The highest BCUT2D eigenvalue weighted by molar-refractivity contribution is 7.89. The lowest BCUT2D eigenvalue weighted by Crippen LogP contribution is -2.55. The van der Waals surface area contributed by atoms with Crippen molar-refractivity contribution >= 4 is 15.9 Å². The molecule has 0 radical (unpaired) electrons. The molecule has 5 aliphatic rings. The van der Waals surface area contributed by atoms with Gasteiger partial charge in [-0.25, -0.2) is 13.1 Å². The third-order valence-corrected chi connectivity index (χ3v) is 11.0. The molecule has 5 nitrogen and oxygen atoms in total. The lowest BCUT2D eigenvalue weighted by molar-refractivity contribution is -0.0666. The Labute approximate surface area is 209 Å². The average molecular weight is 493 g/mol. The lowest BCUT2D eigenvalue weighted by atomic mass is 9.48.